The molecule has 0 atom stereocenters. The molecule has 0 radical (unpaired) electrons. The van der Waals surface area contributed by atoms with Crippen molar-refractivity contribution in [1.82, 2.24) is 0 Å². The highest BCUT2D eigenvalue weighted by Crippen LogP contribution is 2.32. The number of sulfonamides is 1. The number of aromatic hydroxyl groups is 1. The Morgan fingerprint density at radius 2 is 1.75 bits per heavy atom. The molecule has 1 aromatic heterocycles. The molecule has 1 N–H and O–H groups in total. The Morgan fingerprint density at radius 3 is 2.38 bits per heavy atom. The highest BCUT2D eigenvalue weighted by Gasteiger charge is 2.23. The number of phenolic OH excluding ortho intramolecular Hbond substituents is 1. The van der Waals surface area contributed by atoms with Gasteiger partial charge in [-0.3, -0.25) is 4.31 Å². The Bertz CT molecular complexity index is 946. The maximum absolute atomic E-state index is 12.8. The van der Waals surface area contributed by atoms with Crippen LogP contribution < -0.4 is 4.31 Å². The molecule has 0 unspecified atom stereocenters. The Kier molecular flexibility index (Phi) is 4.34. The molecule has 3 rings (SSSR count). The summed E-state index contributed by atoms with van der Waals surface area (Å²) in [5, 5.41) is 11.3. The molecule has 0 saturated carbocycles. The maximum atomic E-state index is 12.8. The van der Waals surface area contributed by atoms with Gasteiger partial charge in [-0.1, -0.05) is 18.2 Å². The zero-order valence-electron chi connectivity index (χ0n) is 13.3. The van der Waals surface area contributed by atoms with Crippen molar-refractivity contribution in [1.29, 1.82) is 0 Å². The predicted molar refractivity (Wildman–Crippen MR) is 98.2 cm³/mol. The third kappa shape index (κ3) is 3.02. The molecule has 1 heterocycles. The summed E-state index contributed by atoms with van der Waals surface area (Å²) in [6, 6.07) is 15.3. The van der Waals surface area contributed by atoms with Crippen molar-refractivity contribution in [2.24, 2.45) is 0 Å². The molecule has 124 valence electrons. The number of aryl methyl sites for hydroxylation is 1. The first-order chi connectivity index (χ1) is 11.4. The van der Waals surface area contributed by atoms with Crippen LogP contribution in [0.4, 0.5) is 5.69 Å². The molecular weight excluding hydrogens is 342 g/mol. The molecule has 0 bridgehead atoms. The number of hydrogen-bond acceptors (Lipinski definition) is 4. The second kappa shape index (κ2) is 6.30. The number of nitrogens with zero attached hydrogens (tertiary/aromatic N) is 1. The molecule has 2 aromatic carbocycles. The highest BCUT2D eigenvalue weighted by atomic mass is 32.2. The lowest BCUT2D eigenvalue weighted by Gasteiger charge is -2.22. The van der Waals surface area contributed by atoms with Gasteiger partial charge >= 0.3 is 0 Å². The van der Waals surface area contributed by atoms with Gasteiger partial charge in [0.25, 0.3) is 10.0 Å². The van der Waals surface area contributed by atoms with Crippen LogP contribution in [0.1, 0.15) is 5.56 Å². The van der Waals surface area contributed by atoms with Crippen molar-refractivity contribution in [3.8, 4) is 16.2 Å². The topological polar surface area (TPSA) is 57.6 Å². The van der Waals surface area contributed by atoms with Crippen molar-refractivity contribution in [2.75, 3.05) is 11.4 Å². The lowest BCUT2D eigenvalue weighted by atomic mass is 10.1. The van der Waals surface area contributed by atoms with E-state index in [1.807, 2.05) is 42.6 Å². The van der Waals surface area contributed by atoms with E-state index in [0.717, 1.165) is 16.0 Å². The maximum Gasteiger partial charge on any atom is 0.264 e. The largest absolute Gasteiger partial charge is 0.508 e. The molecule has 24 heavy (non-hydrogen) atoms. The standard InChI is InChI=1S/C18H17NO3S2/c1-13-5-6-14(18-4-3-11-23-18)12-17(13)19(2)24(21,22)16-9-7-15(20)8-10-16/h3-12,20H,1-2H3. The molecule has 0 aliphatic heterocycles. The molecular formula is C18H17NO3S2. The summed E-state index contributed by atoms with van der Waals surface area (Å²) >= 11 is 1.61. The van der Waals surface area contributed by atoms with Crippen molar-refractivity contribution in [3.63, 3.8) is 0 Å². The van der Waals surface area contributed by atoms with Gasteiger partial charge in [-0.2, -0.15) is 0 Å². The van der Waals surface area contributed by atoms with Crippen LogP contribution in [-0.2, 0) is 10.0 Å². The normalized spacial score (nSPS) is 11.4. The van der Waals surface area contributed by atoms with Gasteiger partial charge in [0, 0.05) is 11.9 Å². The minimum Gasteiger partial charge on any atom is -0.508 e. The highest BCUT2D eigenvalue weighted by molar-refractivity contribution is 7.92. The smallest absolute Gasteiger partial charge is 0.264 e. The van der Waals surface area contributed by atoms with Gasteiger partial charge in [0.05, 0.1) is 10.6 Å². The van der Waals surface area contributed by atoms with E-state index >= 15 is 0 Å². The van der Waals surface area contributed by atoms with Crippen molar-refractivity contribution >= 4 is 27.0 Å². The average Bonchev–Trinajstić information content (AvgIpc) is 3.09. The number of anilines is 1. The van der Waals surface area contributed by atoms with Gasteiger partial charge < -0.3 is 5.11 Å². The second-order valence-corrected chi connectivity index (χ2v) is 8.36. The monoisotopic (exact) mass is 359 g/mol. The Balaban J connectivity index is 2.04. The van der Waals surface area contributed by atoms with Gasteiger partial charge in [0.15, 0.2) is 0 Å². The van der Waals surface area contributed by atoms with Crippen LogP contribution in [0.5, 0.6) is 5.75 Å². The average molecular weight is 359 g/mol. The minimum absolute atomic E-state index is 0.0347. The molecule has 0 aliphatic carbocycles. The number of benzene rings is 2. The number of phenols is 1. The first-order valence-electron chi connectivity index (χ1n) is 7.32. The number of thiophene rings is 1. The van der Waals surface area contributed by atoms with Gasteiger partial charge in [0.2, 0.25) is 0 Å². The number of hydrogen-bond donors (Lipinski definition) is 1. The Labute approximate surface area is 145 Å². The van der Waals surface area contributed by atoms with Gasteiger partial charge in [-0.25, -0.2) is 8.42 Å². The molecule has 4 nitrogen and oxygen atoms in total. The summed E-state index contributed by atoms with van der Waals surface area (Å²) in [4.78, 5) is 1.23. The lowest BCUT2D eigenvalue weighted by Crippen LogP contribution is -2.27. The van der Waals surface area contributed by atoms with Gasteiger partial charge in [0.1, 0.15) is 5.75 Å². The summed E-state index contributed by atoms with van der Waals surface area (Å²) in [5.41, 5.74) is 2.49. The van der Waals surface area contributed by atoms with E-state index in [9.17, 15) is 13.5 Å². The Morgan fingerprint density at radius 1 is 1.04 bits per heavy atom. The summed E-state index contributed by atoms with van der Waals surface area (Å²) in [6.45, 7) is 1.89. The fourth-order valence-electron chi connectivity index (χ4n) is 2.45. The van der Waals surface area contributed by atoms with E-state index in [4.69, 9.17) is 0 Å². The Hall–Kier alpha value is -2.31. The third-order valence-electron chi connectivity index (χ3n) is 3.85. The molecule has 0 fully saturated rings. The molecule has 0 spiro atoms. The van der Waals surface area contributed by atoms with Gasteiger partial charge in [-0.15, -0.1) is 11.3 Å². The molecule has 0 aliphatic rings. The van der Waals surface area contributed by atoms with E-state index in [2.05, 4.69) is 0 Å². The van der Waals surface area contributed by atoms with Crippen molar-refractivity contribution < 1.29 is 13.5 Å². The van der Waals surface area contributed by atoms with Crippen LogP contribution in [0.2, 0.25) is 0 Å². The first kappa shape index (κ1) is 16.5. The predicted octanol–water partition coefficient (Wildman–Crippen LogP) is 4.25. The van der Waals surface area contributed by atoms with Crippen LogP contribution in [0.3, 0.4) is 0 Å². The van der Waals surface area contributed by atoms with Crippen LogP contribution in [-0.4, -0.2) is 20.6 Å². The molecule has 3 aromatic rings. The fourth-order valence-corrected chi connectivity index (χ4v) is 4.43. The summed E-state index contributed by atoms with van der Waals surface area (Å²) in [5.74, 6) is 0.0347. The first-order valence-corrected chi connectivity index (χ1v) is 9.64. The summed E-state index contributed by atoms with van der Waals surface area (Å²) < 4.78 is 27.0. The van der Waals surface area contributed by atoms with Crippen LogP contribution in [0.15, 0.2) is 64.9 Å². The van der Waals surface area contributed by atoms with E-state index in [-0.39, 0.29) is 10.6 Å². The molecule has 0 amide bonds. The third-order valence-corrected chi connectivity index (χ3v) is 6.55. The van der Waals surface area contributed by atoms with Gasteiger partial charge in [-0.05, 0) is 59.8 Å². The van der Waals surface area contributed by atoms with Crippen LogP contribution in [0, 0.1) is 6.92 Å². The van der Waals surface area contributed by atoms with Crippen molar-refractivity contribution in [2.45, 2.75) is 11.8 Å². The quantitative estimate of drug-likeness (QED) is 0.757. The van der Waals surface area contributed by atoms with E-state index in [1.165, 1.54) is 28.6 Å². The fraction of sp³-hybridized carbons (Fsp3) is 0.111. The molecule has 0 saturated heterocycles. The van der Waals surface area contributed by atoms with E-state index in [0.29, 0.717) is 5.69 Å². The SMILES string of the molecule is Cc1ccc(-c2cccs2)cc1N(C)S(=O)(=O)c1ccc(O)cc1. The summed E-state index contributed by atoms with van der Waals surface area (Å²) in [6.07, 6.45) is 0. The summed E-state index contributed by atoms with van der Waals surface area (Å²) in [7, 11) is -2.15. The zero-order valence-corrected chi connectivity index (χ0v) is 14.9. The second-order valence-electron chi connectivity index (χ2n) is 5.45. The minimum atomic E-state index is -3.69. The lowest BCUT2D eigenvalue weighted by molar-refractivity contribution is 0.475. The van der Waals surface area contributed by atoms with Crippen molar-refractivity contribution in [3.05, 3.63) is 65.5 Å². The van der Waals surface area contributed by atoms with E-state index in [1.54, 1.807) is 18.4 Å². The zero-order chi connectivity index (χ0) is 17.3. The molecule has 6 heteroatoms. The van der Waals surface area contributed by atoms with E-state index < -0.39 is 10.0 Å². The van der Waals surface area contributed by atoms with Crippen LogP contribution in [0.25, 0.3) is 10.4 Å². The number of rotatable bonds is 4. The van der Waals surface area contributed by atoms with Crippen LogP contribution >= 0.6 is 11.3 Å².